The molecule has 0 bridgehead atoms. The molecule has 0 saturated heterocycles. The van der Waals surface area contributed by atoms with Crippen LogP contribution in [0.3, 0.4) is 0 Å². The molecule has 1 aromatic carbocycles. The van der Waals surface area contributed by atoms with E-state index in [0.29, 0.717) is 5.76 Å². The average Bonchev–Trinajstić information content (AvgIpc) is 2.85. The molecule has 17 heavy (non-hydrogen) atoms. The molecule has 0 aliphatic rings. The van der Waals surface area contributed by atoms with Crippen molar-refractivity contribution in [3.05, 3.63) is 54.0 Å². The second-order valence-electron chi connectivity index (χ2n) is 3.34. The fourth-order valence-corrected chi connectivity index (χ4v) is 1.32. The van der Waals surface area contributed by atoms with Gasteiger partial charge in [0.05, 0.1) is 0 Å². The number of carbonyl (C=O) groups excluding carboxylic acids is 1. The summed E-state index contributed by atoms with van der Waals surface area (Å²) in [7, 11) is 0. The number of benzene rings is 1. The Hall–Kier alpha value is -2.27. The van der Waals surface area contributed by atoms with Crippen LogP contribution in [0.25, 0.3) is 0 Å². The first kappa shape index (κ1) is 11.2. The molecule has 1 aromatic heterocycles. The monoisotopic (exact) mass is 232 g/mol. The lowest BCUT2D eigenvalue weighted by molar-refractivity contribution is 0.0922. The van der Waals surface area contributed by atoms with Gasteiger partial charge in [-0.3, -0.25) is 10.2 Å². The van der Waals surface area contributed by atoms with Crippen LogP contribution in [0, 0.1) is 0 Å². The molecule has 5 nitrogen and oxygen atoms in total. The van der Waals surface area contributed by atoms with E-state index in [2.05, 4.69) is 0 Å². The Morgan fingerprint density at radius 3 is 2.71 bits per heavy atom. The minimum absolute atomic E-state index is 0.166. The van der Waals surface area contributed by atoms with Crippen molar-refractivity contribution in [2.24, 2.45) is 5.84 Å². The molecule has 0 fully saturated rings. The highest BCUT2D eigenvalue weighted by molar-refractivity contribution is 5.90. The largest absolute Gasteiger partial charge is 0.486 e. The molecule has 3 N–H and O–H groups in total. The second kappa shape index (κ2) is 5.18. The van der Waals surface area contributed by atoms with Crippen LogP contribution in [0.15, 0.2) is 46.9 Å². The number of hydrogen-bond acceptors (Lipinski definition) is 4. The predicted octanol–water partition coefficient (Wildman–Crippen LogP) is 1.46. The number of amides is 1. The molecular formula is C12H12N2O3. The normalized spacial score (nSPS) is 9.94. The highest BCUT2D eigenvalue weighted by Crippen LogP contribution is 2.13. The van der Waals surface area contributed by atoms with Gasteiger partial charge >= 0.3 is 5.91 Å². The first-order valence-electron chi connectivity index (χ1n) is 5.07. The van der Waals surface area contributed by atoms with Crippen molar-refractivity contribution in [3.63, 3.8) is 0 Å². The highest BCUT2D eigenvalue weighted by atomic mass is 16.5. The molecule has 1 amide bonds. The molecular weight excluding hydrogens is 220 g/mol. The Labute approximate surface area is 98.1 Å². The lowest BCUT2D eigenvalue weighted by atomic mass is 10.3. The summed E-state index contributed by atoms with van der Waals surface area (Å²) < 4.78 is 10.7. The Morgan fingerprint density at radius 1 is 1.24 bits per heavy atom. The van der Waals surface area contributed by atoms with E-state index in [9.17, 15) is 4.79 Å². The number of nitrogens with two attached hydrogens (primary N) is 1. The first-order valence-corrected chi connectivity index (χ1v) is 5.07. The summed E-state index contributed by atoms with van der Waals surface area (Å²) >= 11 is 0. The number of ether oxygens (including phenoxy) is 1. The molecule has 5 heteroatoms. The summed E-state index contributed by atoms with van der Waals surface area (Å²) in [5.74, 6) is 6.00. The van der Waals surface area contributed by atoms with Crippen LogP contribution in [-0.2, 0) is 6.61 Å². The molecule has 0 aliphatic carbocycles. The van der Waals surface area contributed by atoms with Crippen molar-refractivity contribution < 1.29 is 13.9 Å². The van der Waals surface area contributed by atoms with Gasteiger partial charge in [-0.2, -0.15) is 0 Å². The Bertz CT molecular complexity index is 493. The van der Waals surface area contributed by atoms with E-state index in [1.807, 2.05) is 35.8 Å². The number of hydrazine groups is 1. The number of hydrogen-bond donors (Lipinski definition) is 2. The molecule has 0 radical (unpaired) electrons. The smallest absolute Gasteiger partial charge is 0.300 e. The van der Waals surface area contributed by atoms with Gasteiger partial charge in [-0.1, -0.05) is 18.2 Å². The maximum atomic E-state index is 11.1. The van der Waals surface area contributed by atoms with Crippen molar-refractivity contribution >= 4 is 5.91 Å². The van der Waals surface area contributed by atoms with E-state index in [-0.39, 0.29) is 12.4 Å². The van der Waals surface area contributed by atoms with Gasteiger partial charge in [-0.05, 0) is 24.3 Å². The zero-order chi connectivity index (χ0) is 12.1. The van der Waals surface area contributed by atoms with E-state index in [4.69, 9.17) is 15.0 Å². The van der Waals surface area contributed by atoms with Gasteiger partial charge in [0.2, 0.25) is 0 Å². The lowest BCUT2D eigenvalue weighted by Crippen LogP contribution is -2.29. The van der Waals surface area contributed by atoms with Crippen LogP contribution in [0.5, 0.6) is 5.75 Å². The molecule has 2 aromatic rings. The van der Waals surface area contributed by atoms with E-state index < -0.39 is 5.91 Å². The van der Waals surface area contributed by atoms with E-state index >= 15 is 0 Å². The molecule has 0 atom stereocenters. The van der Waals surface area contributed by atoms with Crippen LogP contribution in [0.1, 0.15) is 16.3 Å². The third kappa shape index (κ3) is 2.85. The number of carbonyl (C=O) groups is 1. The Balaban J connectivity index is 1.96. The zero-order valence-electron chi connectivity index (χ0n) is 9.05. The van der Waals surface area contributed by atoms with Gasteiger partial charge in [0, 0.05) is 0 Å². The van der Waals surface area contributed by atoms with Gasteiger partial charge in [-0.15, -0.1) is 0 Å². The van der Waals surface area contributed by atoms with Crippen molar-refractivity contribution in [2.45, 2.75) is 6.61 Å². The predicted molar refractivity (Wildman–Crippen MR) is 61.1 cm³/mol. The zero-order valence-corrected chi connectivity index (χ0v) is 9.05. The topological polar surface area (TPSA) is 77.5 Å². The fraction of sp³-hybridized carbons (Fsp3) is 0.0833. The summed E-state index contributed by atoms with van der Waals surface area (Å²) in [4.78, 5) is 11.1. The minimum Gasteiger partial charge on any atom is -0.486 e. The molecule has 2 rings (SSSR count). The van der Waals surface area contributed by atoms with Crippen molar-refractivity contribution in [2.75, 3.05) is 0 Å². The maximum absolute atomic E-state index is 11.1. The second-order valence-corrected chi connectivity index (χ2v) is 3.34. The summed E-state index contributed by atoms with van der Waals surface area (Å²) in [5, 5.41) is 0. The van der Waals surface area contributed by atoms with E-state index in [0.717, 1.165) is 5.75 Å². The SMILES string of the molecule is NNC(=O)c1ccc(COc2ccccc2)o1. The molecule has 0 saturated carbocycles. The molecule has 0 spiro atoms. The number of furan rings is 1. The number of rotatable bonds is 4. The fourth-order valence-electron chi connectivity index (χ4n) is 1.32. The summed E-state index contributed by atoms with van der Waals surface area (Å²) in [6.07, 6.45) is 0. The van der Waals surface area contributed by atoms with Crippen molar-refractivity contribution in [1.29, 1.82) is 0 Å². The van der Waals surface area contributed by atoms with Crippen molar-refractivity contribution in [3.8, 4) is 5.75 Å². The summed E-state index contributed by atoms with van der Waals surface area (Å²) in [6, 6.07) is 12.6. The Kier molecular flexibility index (Phi) is 3.42. The molecule has 0 aliphatic heterocycles. The molecule has 88 valence electrons. The van der Waals surface area contributed by atoms with Crippen LogP contribution in [0.2, 0.25) is 0 Å². The van der Waals surface area contributed by atoms with Crippen LogP contribution >= 0.6 is 0 Å². The number of para-hydroxylation sites is 1. The van der Waals surface area contributed by atoms with Crippen LogP contribution in [0.4, 0.5) is 0 Å². The van der Waals surface area contributed by atoms with Gasteiger partial charge in [0.1, 0.15) is 18.1 Å². The number of nitrogens with one attached hydrogen (secondary N) is 1. The number of nitrogen functional groups attached to an aromatic ring is 1. The van der Waals surface area contributed by atoms with Gasteiger partial charge in [0.25, 0.3) is 0 Å². The molecule has 0 unspecified atom stereocenters. The van der Waals surface area contributed by atoms with Crippen LogP contribution in [-0.4, -0.2) is 5.91 Å². The van der Waals surface area contributed by atoms with Gasteiger partial charge in [-0.25, -0.2) is 5.84 Å². The van der Waals surface area contributed by atoms with Crippen molar-refractivity contribution in [1.82, 2.24) is 5.43 Å². The lowest BCUT2D eigenvalue weighted by Gasteiger charge is -2.02. The quantitative estimate of drug-likeness (QED) is 0.475. The average molecular weight is 232 g/mol. The summed E-state index contributed by atoms with van der Waals surface area (Å²) in [6.45, 7) is 0.266. The third-order valence-electron chi connectivity index (χ3n) is 2.14. The van der Waals surface area contributed by atoms with E-state index in [1.54, 1.807) is 12.1 Å². The third-order valence-corrected chi connectivity index (χ3v) is 2.14. The Morgan fingerprint density at radius 2 is 2.00 bits per heavy atom. The minimum atomic E-state index is -0.462. The highest BCUT2D eigenvalue weighted by Gasteiger charge is 2.09. The summed E-state index contributed by atoms with van der Waals surface area (Å²) in [5.41, 5.74) is 1.99. The van der Waals surface area contributed by atoms with E-state index in [1.165, 1.54) is 0 Å². The standard InChI is InChI=1S/C12H12N2O3/c13-14-12(15)11-7-6-10(17-11)8-16-9-4-2-1-3-5-9/h1-7H,8,13H2,(H,14,15). The maximum Gasteiger partial charge on any atom is 0.300 e. The molecule has 1 heterocycles. The van der Waals surface area contributed by atoms with Crippen LogP contribution < -0.4 is 16.0 Å². The van der Waals surface area contributed by atoms with Gasteiger partial charge in [0.15, 0.2) is 5.76 Å². The first-order chi connectivity index (χ1) is 8.29. The van der Waals surface area contributed by atoms with Gasteiger partial charge < -0.3 is 9.15 Å².